The number of aryl methyl sites for hydroxylation is 5. The summed E-state index contributed by atoms with van der Waals surface area (Å²) < 4.78 is 41.5. The fourth-order valence-corrected chi connectivity index (χ4v) is 19.5. The second-order valence-corrected chi connectivity index (χ2v) is 39.6. The molecule has 7 atom stereocenters. The summed E-state index contributed by atoms with van der Waals surface area (Å²) in [5.41, 5.74) is 9.21. The molecular formula is C96H107F2N23O8S5. The lowest BCUT2D eigenvalue weighted by Gasteiger charge is -2.21. The van der Waals surface area contributed by atoms with Crippen molar-refractivity contribution in [3.8, 4) is 0 Å². The molecule has 15 aromatic rings. The van der Waals surface area contributed by atoms with E-state index in [1.165, 1.54) is 80.9 Å². The molecule has 31 nitrogen and oxygen atoms in total. The molecule has 38 heteroatoms. The van der Waals surface area contributed by atoms with E-state index in [9.17, 15) is 37.9 Å². The van der Waals surface area contributed by atoms with Gasteiger partial charge in [0.2, 0.25) is 29.7 Å². The number of ether oxygens (including phenoxy) is 2. The summed E-state index contributed by atoms with van der Waals surface area (Å²) >= 11 is 7.20. The number of likely N-dealkylation sites (tertiary alicyclic amines) is 1. The number of hydrogen-bond acceptors (Lipinski definition) is 35. The van der Waals surface area contributed by atoms with Crippen LogP contribution in [0.5, 0.6) is 0 Å². The van der Waals surface area contributed by atoms with Gasteiger partial charge in [0.25, 0.3) is 5.91 Å². The van der Waals surface area contributed by atoms with E-state index in [0.717, 1.165) is 126 Å². The van der Waals surface area contributed by atoms with Gasteiger partial charge < -0.3 is 46.1 Å². The van der Waals surface area contributed by atoms with Gasteiger partial charge in [0, 0.05) is 70.5 Å². The zero-order valence-electron chi connectivity index (χ0n) is 76.8. The molecule has 0 radical (unpaired) electrons. The minimum atomic E-state index is -0.518. The average Bonchev–Trinajstić information content (AvgIpc) is 1.63. The number of thiazole rings is 5. The molecule has 3 aromatic carbocycles. The molecule has 12 aromatic heterocycles. The number of carbonyl (C=O) groups excluding carboxylic acids is 5. The summed E-state index contributed by atoms with van der Waals surface area (Å²) in [6.45, 7) is 29.1. The number of ketones is 4. The average molecular weight is 1910 g/mol. The molecule has 3 fully saturated rings. The highest BCUT2D eigenvalue weighted by molar-refractivity contribution is 7.20. The van der Waals surface area contributed by atoms with Crippen LogP contribution in [0.4, 0.5) is 38.5 Å². The predicted molar refractivity (Wildman–Crippen MR) is 522 cm³/mol. The van der Waals surface area contributed by atoms with Gasteiger partial charge in [-0.1, -0.05) is 80.6 Å². The number of fused-ring (bicyclic) bond motifs is 5. The van der Waals surface area contributed by atoms with E-state index in [0.29, 0.717) is 141 Å². The van der Waals surface area contributed by atoms with Gasteiger partial charge in [-0.15, -0.1) is 56.7 Å². The number of nitrogens with zero attached hydrogens (tertiary/aromatic N) is 18. The third-order valence-corrected chi connectivity index (χ3v) is 27.1. The standard InChI is InChI=1S/C22H25FN4O2S.C19H19FN4O2S.C19H22N4O2S.C18H20N6OS.C18H21N5OS/c1-13(16-4-3-5-17(23)12-16)24-22-26-19(20-21(27-22)25-14(2)30-20)18(28)7-6-15-8-10-29-11-9-15;1-10(12-4-3-5-14(20)8-12)21-19-23-15(16(25)13-6-7-26-9-13)17-18(24-19)22-11(2)27-17;1-11(24)9-10-15(25)16-17-18(21-13(3)26-17)23-19(22-16)20-12(2)14-7-5-4-6-8-14;1-11(13-7-3-4-8-19-13)20-18-22-14(17(25)24-9-5-6-10-24)15-16(23-18)21-12(2)26-15;1-10(2)9-14(24)15-16-17(21-12(4)25-16)23-18(22-15)20-11(3)13-7-5-6-8-19-13/h3-5,12-13,15H,6-11H2,1-2H3,(H,24,26,27);3-5,8,10,13H,6-7,9H2,1-2H3,(H,21,23,24);4-8,11-12,24H,9-10H2,1-3H3,(H,20,22,23);3-4,7-8,11H,5-6,9-10H2,1-2H3,(H,20,22,23);5-8,10-11H,9H2,1-4H3,(H,20,22,23)/t13-;10-,13+;11-,12+;2*11-/m00100/s1. The van der Waals surface area contributed by atoms with E-state index >= 15 is 0 Å². The number of aliphatic hydroxyl groups is 1. The van der Waals surface area contributed by atoms with Crippen LogP contribution < -0.4 is 26.6 Å². The summed E-state index contributed by atoms with van der Waals surface area (Å²) in [5, 5.41) is 29.8. The van der Waals surface area contributed by atoms with Crippen molar-refractivity contribution in [3.05, 3.63) is 221 Å². The van der Waals surface area contributed by atoms with Crippen LogP contribution in [0.1, 0.15) is 255 Å². The van der Waals surface area contributed by atoms with E-state index in [1.54, 1.807) is 31.5 Å². The van der Waals surface area contributed by atoms with Crippen molar-refractivity contribution in [1.29, 1.82) is 0 Å². The lowest BCUT2D eigenvalue weighted by molar-refractivity contribution is 0.0619. The Bertz CT molecular complexity index is 6610. The Morgan fingerprint density at radius 3 is 1.19 bits per heavy atom. The third-order valence-electron chi connectivity index (χ3n) is 22.2. The minimum absolute atomic E-state index is 0.00574. The van der Waals surface area contributed by atoms with Gasteiger partial charge in [-0.25, -0.2) is 58.6 Å². The molecule has 3 aliphatic rings. The second-order valence-electron chi connectivity index (χ2n) is 33.5. The Morgan fingerprint density at radius 2 is 0.791 bits per heavy atom. The molecule has 3 saturated heterocycles. The number of amides is 1. The molecule has 0 spiro atoms. The van der Waals surface area contributed by atoms with Crippen LogP contribution >= 0.6 is 56.7 Å². The second kappa shape index (κ2) is 45.6. The molecule has 6 N–H and O–H groups in total. The van der Waals surface area contributed by atoms with E-state index in [-0.39, 0.29) is 89.1 Å². The largest absolute Gasteiger partial charge is 0.393 e. The fraction of sp³-hybridized carbons (Fsp3) is 0.396. The maximum atomic E-state index is 13.6. The van der Waals surface area contributed by atoms with Crippen LogP contribution in [-0.2, 0) is 9.47 Å². The maximum absolute atomic E-state index is 13.6. The quantitative estimate of drug-likeness (QED) is 0.0237. The van der Waals surface area contributed by atoms with Crippen molar-refractivity contribution >= 4 is 167 Å². The molecule has 134 heavy (non-hydrogen) atoms. The molecular weight excluding hydrogens is 1800 g/mol. The molecule has 3 aliphatic heterocycles. The molecule has 0 aliphatic carbocycles. The SMILES string of the molecule is Cc1nc2nc(N[C@@H](C)c3cccc(F)c3)nc(C(=O)CCC3CCOCC3)c2s1.Cc1nc2nc(N[C@@H](C)c3cccc(F)c3)nc(C(=O)[C@@H]3CCOC3)c2s1.Cc1nc2nc(N[C@@H](C)c3ccccc3)nc(C(=O)CC[C@@H](C)O)c2s1.Cc1nc2nc(N[C@@H](C)c3ccccn3)nc(C(=O)CC(C)C)c2s1.Cc1nc2nc(N[C@@H](C)c3ccccn3)nc(C(=O)N3CCCC3)c2s1. The number of rotatable bonds is 29. The number of aliphatic hydroxyl groups excluding tert-OH is 1. The number of nitrogens with one attached hydrogen (secondary N) is 5. The molecule has 15 heterocycles. The monoisotopic (exact) mass is 1910 g/mol. The lowest BCUT2D eigenvalue weighted by atomic mass is 9.93. The van der Waals surface area contributed by atoms with Crippen LogP contribution in [0, 0.1) is 64.0 Å². The summed E-state index contributed by atoms with van der Waals surface area (Å²) in [6, 6.07) is 33.6. The first-order valence-corrected chi connectivity index (χ1v) is 48.8. The van der Waals surface area contributed by atoms with Gasteiger partial charge in [-0.2, -0.15) is 24.9 Å². The Morgan fingerprint density at radius 1 is 0.418 bits per heavy atom. The fourth-order valence-electron chi connectivity index (χ4n) is 15.2. The van der Waals surface area contributed by atoms with Crippen LogP contribution in [0.15, 0.2) is 128 Å². The van der Waals surface area contributed by atoms with Crippen LogP contribution in [0.2, 0.25) is 0 Å². The van der Waals surface area contributed by atoms with Gasteiger partial charge >= 0.3 is 0 Å². The van der Waals surface area contributed by atoms with Crippen molar-refractivity contribution in [2.24, 2.45) is 17.8 Å². The van der Waals surface area contributed by atoms with Crippen molar-refractivity contribution in [3.63, 3.8) is 0 Å². The molecule has 18 rings (SSSR count). The number of aromatic nitrogens is 17. The van der Waals surface area contributed by atoms with Crippen molar-refractivity contribution in [1.82, 2.24) is 89.6 Å². The van der Waals surface area contributed by atoms with Crippen molar-refractivity contribution in [2.75, 3.05) is 66.1 Å². The highest BCUT2D eigenvalue weighted by Crippen LogP contribution is 2.36. The lowest BCUT2D eigenvalue weighted by Crippen LogP contribution is -2.29. The molecule has 0 saturated carbocycles. The molecule has 0 unspecified atom stereocenters. The highest BCUT2D eigenvalue weighted by atomic mass is 32.1. The Hall–Kier alpha value is -12.3. The van der Waals surface area contributed by atoms with Crippen molar-refractivity contribution in [2.45, 2.75) is 191 Å². The topological polar surface area (TPSA) is 407 Å². The normalized spacial score (nSPS) is 15.1. The van der Waals surface area contributed by atoms with Gasteiger partial charge in [-0.05, 0) is 198 Å². The summed E-state index contributed by atoms with van der Waals surface area (Å²) in [6.07, 6.45) is 10.2. The predicted octanol–water partition coefficient (Wildman–Crippen LogP) is 20.3. The number of hydrogen-bond donors (Lipinski definition) is 6. The number of carbonyl (C=O) groups is 5. The Labute approximate surface area is 794 Å². The summed E-state index contributed by atoms with van der Waals surface area (Å²) in [4.78, 5) is 142. The Kier molecular flexibility index (Phi) is 33.3. The molecule has 698 valence electrons. The molecule has 1 amide bonds. The van der Waals surface area contributed by atoms with E-state index in [1.807, 2.05) is 167 Å². The van der Waals surface area contributed by atoms with Crippen LogP contribution in [0.25, 0.3) is 51.7 Å². The highest BCUT2D eigenvalue weighted by Gasteiger charge is 2.32. The zero-order chi connectivity index (χ0) is 94.8. The molecule has 0 bridgehead atoms. The van der Waals surface area contributed by atoms with Crippen LogP contribution in [-0.4, -0.2) is 169 Å². The van der Waals surface area contributed by atoms with Gasteiger partial charge in [0.15, 0.2) is 57.1 Å². The minimum Gasteiger partial charge on any atom is -0.393 e. The first-order valence-electron chi connectivity index (χ1n) is 44.7. The van der Waals surface area contributed by atoms with Crippen LogP contribution in [0.3, 0.4) is 0 Å². The van der Waals surface area contributed by atoms with E-state index in [2.05, 4.69) is 111 Å². The smallest absolute Gasteiger partial charge is 0.274 e. The van der Waals surface area contributed by atoms with Crippen molar-refractivity contribution < 1.29 is 47.3 Å². The number of benzene rings is 3. The summed E-state index contributed by atoms with van der Waals surface area (Å²) in [5.74, 6) is 1.73. The zero-order valence-corrected chi connectivity index (χ0v) is 80.9. The Balaban J connectivity index is 0.000000135. The van der Waals surface area contributed by atoms with Gasteiger partial charge in [0.05, 0.1) is 79.3 Å². The first-order chi connectivity index (χ1) is 64.5. The number of anilines is 5. The maximum Gasteiger partial charge on any atom is 0.274 e. The number of Topliss-reactive ketones (excluding diaryl/α,β-unsaturated/α-hetero) is 4. The number of pyridine rings is 2. The summed E-state index contributed by atoms with van der Waals surface area (Å²) in [7, 11) is 0. The van der Waals surface area contributed by atoms with Gasteiger partial charge in [-0.3, -0.25) is 33.9 Å². The number of halogens is 2. The van der Waals surface area contributed by atoms with E-state index < -0.39 is 6.10 Å². The van der Waals surface area contributed by atoms with E-state index in [4.69, 9.17) is 9.47 Å². The first kappa shape index (κ1) is 97.7. The van der Waals surface area contributed by atoms with Gasteiger partial charge in [0.1, 0.15) is 57.9 Å². The third kappa shape index (κ3) is 25.8.